The number of aryl methyl sites for hydroxylation is 4. The number of phenols is 2. The lowest BCUT2D eigenvalue weighted by Crippen LogP contribution is -2.01. The van der Waals surface area contributed by atoms with Crippen LogP contribution in [0.3, 0.4) is 0 Å². The van der Waals surface area contributed by atoms with Crippen molar-refractivity contribution in [1.29, 1.82) is 0 Å². The second-order valence-corrected chi connectivity index (χ2v) is 9.23. The van der Waals surface area contributed by atoms with E-state index in [1.54, 1.807) is 0 Å². The van der Waals surface area contributed by atoms with E-state index in [0.29, 0.717) is 24.7 Å². The van der Waals surface area contributed by atoms with Crippen molar-refractivity contribution < 1.29 is 19.7 Å². The van der Waals surface area contributed by atoms with Crippen molar-refractivity contribution in [2.75, 3.05) is 13.2 Å². The zero-order chi connectivity index (χ0) is 22.8. The summed E-state index contributed by atoms with van der Waals surface area (Å²) in [5.41, 5.74) is 3.99. The number of hydrogen-bond donors (Lipinski definition) is 2. The summed E-state index contributed by atoms with van der Waals surface area (Å²) in [4.78, 5) is 0. The van der Waals surface area contributed by atoms with E-state index in [9.17, 15) is 10.2 Å². The summed E-state index contributed by atoms with van der Waals surface area (Å²) < 4.78 is 12.1. The first kappa shape index (κ1) is 24.3. The highest BCUT2D eigenvalue weighted by atomic mass is 16.5. The van der Waals surface area contributed by atoms with Gasteiger partial charge in [0.05, 0.1) is 13.2 Å². The average Bonchev–Trinajstić information content (AvgIpc) is 2.75. The summed E-state index contributed by atoms with van der Waals surface area (Å²) in [5.74, 6) is 2.59. The minimum atomic E-state index is 0.390. The Labute approximate surface area is 193 Å². The Morgan fingerprint density at radius 1 is 0.531 bits per heavy atom. The highest BCUT2D eigenvalue weighted by Gasteiger charge is 2.10. The fourth-order valence-electron chi connectivity index (χ4n) is 4.40. The second-order valence-electron chi connectivity index (χ2n) is 9.23. The molecule has 0 amide bonds. The molecular weight excluding hydrogens is 400 g/mol. The Bertz CT molecular complexity index is 725. The quantitative estimate of drug-likeness (QED) is 0.456. The summed E-state index contributed by atoms with van der Waals surface area (Å²) in [6.07, 6.45) is 12.9. The van der Waals surface area contributed by atoms with Gasteiger partial charge in [0.2, 0.25) is 0 Å². The first-order valence-electron chi connectivity index (χ1n) is 12.4. The number of benzene rings is 2. The van der Waals surface area contributed by atoms with Crippen molar-refractivity contribution in [1.82, 2.24) is 0 Å². The third kappa shape index (κ3) is 7.36. The van der Waals surface area contributed by atoms with Crippen LogP contribution >= 0.6 is 0 Å². The van der Waals surface area contributed by atoms with E-state index in [1.165, 1.54) is 12.8 Å². The van der Waals surface area contributed by atoms with Gasteiger partial charge >= 0.3 is 0 Å². The van der Waals surface area contributed by atoms with Crippen LogP contribution in [0.4, 0.5) is 0 Å². The highest BCUT2D eigenvalue weighted by Crippen LogP contribution is 2.31. The SMILES string of the molecule is Cc1cc(O)c2cc1OCCCCCCCc1cc(c(C)cc1O)OCCCCCCC2. The van der Waals surface area contributed by atoms with Crippen LogP contribution in [0, 0.1) is 13.8 Å². The number of ether oxygens (including phenoxy) is 2. The van der Waals surface area contributed by atoms with Crippen LogP contribution in [0.25, 0.3) is 0 Å². The van der Waals surface area contributed by atoms with Crippen LogP contribution in [0.15, 0.2) is 24.3 Å². The molecular formula is C28H40O4. The number of rotatable bonds is 0. The van der Waals surface area contributed by atoms with Crippen molar-refractivity contribution in [3.8, 4) is 23.0 Å². The van der Waals surface area contributed by atoms with Gasteiger partial charge in [0.15, 0.2) is 0 Å². The minimum absolute atomic E-state index is 0.390. The lowest BCUT2D eigenvalue weighted by atomic mass is 10.0. The molecule has 2 aromatic carbocycles. The maximum atomic E-state index is 10.3. The summed E-state index contributed by atoms with van der Waals surface area (Å²) in [7, 11) is 0. The Morgan fingerprint density at radius 3 is 1.34 bits per heavy atom. The molecule has 0 aromatic heterocycles. The van der Waals surface area contributed by atoms with Crippen LogP contribution in [0.2, 0.25) is 0 Å². The average molecular weight is 441 g/mol. The van der Waals surface area contributed by atoms with E-state index in [0.717, 1.165) is 98.0 Å². The Kier molecular flexibility index (Phi) is 9.58. The predicted octanol–water partition coefficient (Wildman–Crippen LogP) is 7.17. The molecule has 1 aliphatic rings. The highest BCUT2D eigenvalue weighted by molar-refractivity contribution is 5.46. The zero-order valence-electron chi connectivity index (χ0n) is 19.9. The van der Waals surface area contributed by atoms with Gasteiger partial charge in [-0.05, 0) is 98.9 Å². The normalized spacial score (nSPS) is 17.3. The molecule has 0 aliphatic carbocycles. The van der Waals surface area contributed by atoms with E-state index in [4.69, 9.17) is 9.47 Å². The third-order valence-electron chi connectivity index (χ3n) is 6.45. The van der Waals surface area contributed by atoms with Gasteiger partial charge < -0.3 is 19.7 Å². The maximum Gasteiger partial charge on any atom is 0.122 e. The standard InChI is InChI=1S/C28H40O4/c1-21-17-25(29)23-13-9-5-4-8-12-16-32-28-20-24(26(30)18-22(28)2)14-10-6-3-7-11-15-31-27(21)19-23/h17-20,29-30H,3-16H2,1-2H3. The van der Waals surface area contributed by atoms with Gasteiger partial charge in [0.1, 0.15) is 23.0 Å². The fraction of sp³-hybridized carbons (Fsp3) is 0.571. The van der Waals surface area contributed by atoms with E-state index in [1.807, 2.05) is 38.1 Å². The summed E-state index contributed by atoms with van der Waals surface area (Å²) in [5, 5.41) is 20.6. The molecule has 0 unspecified atom stereocenters. The molecule has 32 heavy (non-hydrogen) atoms. The third-order valence-corrected chi connectivity index (χ3v) is 6.45. The van der Waals surface area contributed by atoms with Gasteiger partial charge in [-0.25, -0.2) is 0 Å². The summed E-state index contributed by atoms with van der Waals surface area (Å²) >= 11 is 0. The molecule has 2 aromatic rings. The first-order chi connectivity index (χ1) is 15.5. The van der Waals surface area contributed by atoms with Gasteiger partial charge in [-0.1, -0.05) is 38.5 Å². The van der Waals surface area contributed by atoms with Crippen LogP contribution in [-0.2, 0) is 12.8 Å². The number of hydrogen-bond acceptors (Lipinski definition) is 4. The molecule has 0 fully saturated rings. The van der Waals surface area contributed by atoms with Crippen LogP contribution < -0.4 is 9.47 Å². The van der Waals surface area contributed by atoms with E-state index in [-0.39, 0.29) is 0 Å². The molecule has 0 spiro atoms. The van der Waals surface area contributed by atoms with Crippen LogP contribution in [0.5, 0.6) is 23.0 Å². The molecule has 0 radical (unpaired) electrons. The van der Waals surface area contributed by atoms with E-state index >= 15 is 0 Å². The van der Waals surface area contributed by atoms with Crippen molar-refractivity contribution in [3.63, 3.8) is 0 Å². The van der Waals surface area contributed by atoms with Crippen molar-refractivity contribution in [2.24, 2.45) is 0 Å². The number of phenolic OH excluding ortho intramolecular Hbond substituents is 2. The second kappa shape index (κ2) is 12.6. The Hall–Kier alpha value is -2.36. The smallest absolute Gasteiger partial charge is 0.122 e. The number of aromatic hydroxyl groups is 2. The molecule has 0 saturated carbocycles. The minimum Gasteiger partial charge on any atom is -0.508 e. The van der Waals surface area contributed by atoms with Gasteiger partial charge in [-0.2, -0.15) is 0 Å². The molecule has 4 nitrogen and oxygen atoms in total. The van der Waals surface area contributed by atoms with Crippen molar-refractivity contribution >= 4 is 0 Å². The monoisotopic (exact) mass is 440 g/mol. The lowest BCUT2D eigenvalue weighted by Gasteiger charge is -2.14. The molecule has 0 atom stereocenters. The number of fused-ring (bicyclic) bond motifs is 4. The molecule has 2 N–H and O–H groups in total. The largest absolute Gasteiger partial charge is 0.508 e. The molecule has 3 rings (SSSR count). The summed E-state index contributed by atoms with van der Waals surface area (Å²) in [6.45, 7) is 5.42. The Balaban J connectivity index is 1.59. The van der Waals surface area contributed by atoms with E-state index < -0.39 is 0 Å². The predicted molar refractivity (Wildman–Crippen MR) is 130 cm³/mol. The molecule has 4 heteroatoms. The first-order valence-corrected chi connectivity index (χ1v) is 12.4. The molecule has 1 heterocycles. The lowest BCUT2D eigenvalue weighted by molar-refractivity contribution is 0.300. The molecule has 4 bridgehead atoms. The van der Waals surface area contributed by atoms with Crippen LogP contribution in [0.1, 0.15) is 86.5 Å². The summed E-state index contributed by atoms with van der Waals surface area (Å²) in [6, 6.07) is 7.75. The van der Waals surface area contributed by atoms with Gasteiger partial charge in [0.25, 0.3) is 0 Å². The maximum absolute atomic E-state index is 10.3. The van der Waals surface area contributed by atoms with Crippen molar-refractivity contribution in [2.45, 2.75) is 90.9 Å². The van der Waals surface area contributed by atoms with Crippen molar-refractivity contribution in [3.05, 3.63) is 46.5 Å². The Morgan fingerprint density at radius 2 is 0.906 bits per heavy atom. The van der Waals surface area contributed by atoms with Crippen LogP contribution in [-0.4, -0.2) is 23.4 Å². The van der Waals surface area contributed by atoms with E-state index in [2.05, 4.69) is 0 Å². The molecule has 0 saturated heterocycles. The van der Waals surface area contributed by atoms with Gasteiger partial charge in [-0.15, -0.1) is 0 Å². The topological polar surface area (TPSA) is 58.9 Å². The van der Waals surface area contributed by atoms with Gasteiger partial charge in [0, 0.05) is 0 Å². The zero-order valence-corrected chi connectivity index (χ0v) is 19.9. The molecule has 176 valence electrons. The van der Waals surface area contributed by atoms with Gasteiger partial charge in [-0.3, -0.25) is 0 Å². The molecule has 1 aliphatic heterocycles. The fourth-order valence-corrected chi connectivity index (χ4v) is 4.40.